The Balaban J connectivity index is 4.36. The monoisotopic (exact) mass is 212 g/mol. The van der Waals surface area contributed by atoms with E-state index in [1.54, 1.807) is 6.92 Å². The van der Waals surface area contributed by atoms with E-state index >= 15 is 0 Å². The topological polar surface area (TPSA) is 66.5 Å². The molecule has 0 aromatic heterocycles. The highest BCUT2D eigenvalue weighted by Gasteiger charge is 2.18. The van der Waals surface area contributed by atoms with E-state index in [-0.39, 0.29) is 23.9 Å². The Hall–Kier alpha value is -1.65. The van der Waals surface area contributed by atoms with Crippen molar-refractivity contribution in [2.24, 2.45) is 0 Å². The van der Waals surface area contributed by atoms with Crippen molar-refractivity contribution >= 4 is 17.7 Å². The second kappa shape index (κ2) is 5.95. The lowest BCUT2D eigenvalue weighted by atomic mass is 10.2. The highest BCUT2D eigenvalue weighted by molar-refractivity contribution is 6.03. The molecule has 5 heteroatoms. The molecule has 0 heterocycles. The van der Waals surface area contributed by atoms with Crippen molar-refractivity contribution in [3.05, 3.63) is 12.2 Å². The normalized spacial score (nSPS) is 9.27. The van der Waals surface area contributed by atoms with E-state index in [4.69, 9.17) is 0 Å². The lowest BCUT2D eigenvalue weighted by Gasteiger charge is -2.18. The Bertz CT molecular complexity index is 297. The summed E-state index contributed by atoms with van der Waals surface area (Å²) in [5.74, 6) is -1.01. The molecule has 0 saturated heterocycles. The van der Waals surface area contributed by atoms with Gasteiger partial charge in [-0.25, -0.2) is 0 Å². The molecular formula is C10H16N2O3. The Morgan fingerprint density at radius 3 is 2.13 bits per heavy atom. The third-order valence-electron chi connectivity index (χ3n) is 1.79. The summed E-state index contributed by atoms with van der Waals surface area (Å²) in [6.45, 7) is 8.25. The molecule has 1 N–H and O–H groups in total. The second-order valence-corrected chi connectivity index (χ2v) is 3.08. The highest BCUT2D eigenvalue weighted by atomic mass is 16.2. The molecule has 0 unspecified atom stereocenters. The summed E-state index contributed by atoms with van der Waals surface area (Å²) in [4.78, 5) is 34.3. The largest absolute Gasteiger partial charge is 0.352 e. The maximum atomic E-state index is 11.6. The van der Waals surface area contributed by atoms with Crippen LogP contribution in [0.4, 0.5) is 0 Å². The third kappa shape index (κ3) is 4.39. The second-order valence-electron chi connectivity index (χ2n) is 3.08. The number of imide groups is 1. The molecule has 15 heavy (non-hydrogen) atoms. The van der Waals surface area contributed by atoms with Crippen molar-refractivity contribution in [3.63, 3.8) is 0 Å². The van der Waals surface area contributed by atoms with Gasteiger partial charge >= 0.3 is 0 Å². The van der Waals surface area contributed by atoms with Gasteiger partial charge in [0.15, 0.2) is 0 Å². The van der Waals surface area contributed by atoms with Gasteiger partial charge < -0.3 is 5.32 Å². The number of carbonyl (C=O) groups is 3. The van der Waals surface area contributed by atoms with Crippen LogP contribution >= 0.6 is 0 Å². The van der Waals surface area contributed by atoms with E-state index in [9.17, 15) is 14.4 Å². The highest BCUT2D eigenvalue weighted by Crippen LogP contribution is 1.99. The number of hydrogen-bond donors (Lipinski definition) is 1. The van der Waals surface area contributed by atoms with Gasteiger partial charge in [0.2, 0.25) is 11.8 Å². The van der Waals surface area contributed by atoms with Crippen LogP contribution in [0, 0.1) is 0 Å². The van der Waals surface area contributed by atoms with Gasteiger partial charge in [-0.2, -0.15) is 0 Å². The van der Waals surface area contributed by atoms with Crippen LogP contribution < -0.4 is 5.32 Å². The summed E-state index contributed by atoms with van der Waals surface area (Å²) < 4.78 is 0. The Morgan fingerprint density at radius 1 is 1.27 bits per heavy atom. The molecule has 84 valence electrons. The molecular weight excluding hydrogens is 196 g/mol. The van der Waals surface area contributed by atoms with Gasteiger partial charge in [-0.3, -0.25) is 19.3 Å². The standard InChI is InChI=1S/C10H16N2O3/c1-5-12(9(4)14)10(15)7(2)6-11-8(3)13/h2,5-6H2,1,3-4H3,(H,11,13). The van der Waals surface area contributed by atoms with E-state index in [1.165, 1.54) is 13.8 Å². The van der Waals surface area contributed by atoms with Crippen molar-refractivity contribution in [1.29, 1.82) is 0 Å². The Kier molecular flexibility index (Phi) is 5.30. The molecule has 0 aliphatic carbocycles. The van der Waals surface area contributed by atoms with Gasteiger partial charge in [0.1, 0.15) is 0 Å². The van der Waals surface area contributed by atoms with Crippen LogP contribution in [0.2, 0.25) is 0 Å². The van der Waals surface area contributed by atoms with Crippen LogP contribution in [0.5, 0.6) is 0 Å². The molecule has 0 spiro atoms. The first-order valence-corrected chi connectivity index (χ1v) is 4.64. The third-order valence-corrected chi connectivity index (χ3v) is 1.79. The van der Waals surface area contributed by atoms with Gasteiger partial charge in [0.25, 0.3) is 5.91 Å². The zero-order valence-electron chi connectivity index (χ0n) is 9.29. The van der Waals surface area contributed by atoms with Gasteiger partial charge in [-0.15, -0.1) is 0 Å². The minimum atomic E-state index is -0.446. The van der Waals surface area contributed by atoms with Crippen LogP contribution in [0.1, 0.15) is 20.8 Å². The average Bonchev–Trinajstić information content (AvgIpc) is 2.14. The van der Waals surface area contributed by atoms with Crippen LogP contribution in [-0.2, 0) is 14.4 Å². The Morgan fingerprint density at radius 2 is 1.80 bits per heavy atom. The van der Waals surface area contributed by atoms with Gasteiger partial charge in [-0.05, 0) is 6.92 Å². The first-order valence-electron chi connectivity index (χ1n) is 4.64. The summed E-state index contributed by atoms with van der Waals surface area (Å²) in [6.07, 6.45) is 0. The van der Waals surface area contributed by atoms with Gasteiger partial charge in [0.05, 0.1) is 0 Å². The summed E-state index contributed by atoms with van der Waals surface area (Å²) in [5, 5.41) is 2.45. The zero-order chi connectivity index (χ0) is 12.0. The van der Waals surface area contributed by atoms with E-state index in [0.717, 1.165) is 4.90 Å². The predicted molar refractivity (Wildman–Crippen MR) is 55.9 cm³/mol. The first-order chi connectivity index (χ1) is 6.90. The number of nitrogens with zero attached hydrogens (tertiary/aromatic N) is 1. The first kappa shape index (κ1) is 13.4. The number of rotatable bonds is 4. The van der Waals surface area contributed by atoms with E-state index in [2.05, 4.69) is 11.9 Å². The molecule has 0 aromatic rings. The molecule has 0 fully saturated rings. The fourth-order valence-electron chi connectivity index (χ4n) is 1.01. The summed E-state index contributed by atoms with van der Waals surface area (Å²) in [7, 11) is 0. The molecule has 0 radical (unpaired) electrons. The molecule has 3 amide bonds. The smallest absolute Gasteiger partial charge is 0.257 e. The van der Waals surface area contributed by atoms with Gasteiger partial charge in [0, 0.05) is 32.5 Å². The molecule has 0 saturated carbocycles. The minimum absolute atomic E-state index is 0.0674. The quantitative estimate of drug-likeness (QED) is 0.671. The van der Waals surface area contributed by atoms with Crippen LogP contribution in [0.3, 0.4) is 0 Å². The van der Waals surface area contributed by atoms with Crippen molar-refractivity contribution in [2.75, 3.05) is 13.1 Å². The van der Waals surface area contributed by atoms with E-state index in [0.29, 0.717) is 6.54 Å². The SMILES string of the molecule is C=C(CNC(C)=O)C(=O)N(CC)C(C)=O. The minimum Gasteiger partial charge on any atom is -0.352 e. The van der Waals surface area contributed by atoms with Crippen LogP contribution in [0.25, 0.3) is 0 Å². The zero-order valence-corrected chi connectivity index (χ0v) is 9.29. The fraction of sp³-hybridized carbons (Fsp3) is 0.500. The Labute approximate surface area is 89.1 Å². The summed E-state index contributed by atoms with van der Waals surface area (Å²) >= 11 is 0. The summed E-state index contributed by atoms with van der Waals surface area (Å²) in [6, 6.07) is 0. The molecule has 0 atom stereocenters. The fourth-order valence-corrected chi connectivity index (χ4v) is 1.01. The molecule has 0 rings (SSSR count). The number of nitrogens with one attached hydrogen (secondary N) is 1. The lowest BCUT2D eigenvalue weighted by Crippen LogP contribution is -2.38. The number of likely N-dealkylation sites (N-methyl/N-ethyl adjacent to an activating group) is 1. The number of carbonyl (C=O) groups excluding carboxylic acids is 3. The van der Waals surface area contributed by atoms with Crippen LogP contribution in [0.15, 0.2) is 12.2 Å². The number of amides is 3. The summed E-state index contributed by atoms with van der Waals surface area (Å²) in [5.41, 5.74) is 0.197. The number of hydrogen-bond acceptors (Lipinski definition) is 3. The molecule has 0 aromatic carbocycles. The molecule has 0 bridgehead atoms. The van der Waals surface area contributed by atoms with Crippen molar-refractivity contribution < 1.29 is 14.4 Å². The average molecular weight is 212 g/mol. The molecule has 0 aliphatic heterocycles. The maximum Gasteiger partial charge on any atom is 0.257 e. The lowest BCUT2D eigenvalue weighted by molar-refractivity contribution is -0.140. The van der Waals surface area contributed by atoms with Crippen LogP contribution in [-0.4, -0.2) is 35.7 Å². The van der Waals surface area contributed by atoms with Gasteiger partial charge in [-0.1, -0.05) is 6.58 Å². The maximum absolute atomic E-state index is 11.6. The molecule has 0 aliphatic rings. The molecule has 5 nitrogen and oxygen atoms in total. The van der Waals surface area contributed by atoms with E-state index < -0.39 is 5.91 Å². The van der Waals surface area contributed by atoms with Crippen molar-refractivity contribution in [1.82, 2.24) is 10.2 Å². The van der Waals surface area contributed by atoms with Crippen molar-refractivity contribution in [3.8, 4) is 0 Å². The van der Waals surface area contributed by atoms with E-state index in [1.807, 2.05) is 0 Å². The predicted octanol–water partition coefficient (Wildman–Crippen LogP) is 0.0737. The van der Waals surface area contributed by atoms with Crippen molar-refractivity contribution in [2.45, 2.75) is 20.8 Å².